The third-order valence-corrected chi connectivity index (χ3v) is 4.33. The van der Waals surface area contributed by atoms with Crippen LogP contribution in [0, 0.1) is 5.92 Å². The van der Waals surface area contributed by atoms with Crippen LogP contribution in [0.3, 0.4) is 0 Å². The predicted octanol–water partition coefficient (Wildman–Crippen LogP) is 2.59. The van der Waals surface area contributed by atoms with Crippen LogP contribution in [0.25, 0.3) is 0 Å². The summed E-state index contributed by atoms with van der Waals surface area (Å²) in [4.78, 5) is 13.0. The van der Waals surface area contributed by atoms with Crippen LogP contribution in [0.4, 0.5) is 0 Å². The highest BCUT2D eigenvalue weighted by atomic mass is 32.2. The van der Waals surface area contributed by atoms with E-state index in [9.17, 15) is 4.79 Å². The average molecular weight is 278 g/mol. The van der Waals surface area contributed by atoms with Crippen molar-refractivity contribution in [2.45, 2.75) is 31.2 Å². The number of hydrogen-bond acceptors (Lipinski definition) is 3. The highest BCUT2D eigenvalue weighted by Gasteiger charge is 2.21. The Bertz CT molecular complexity index is 434. The van der Waals surface area contributed by atoms with Crippen molar-refractivity contribution in [1.82, 2.24) is 10.6 Å². The van der Waals surface area contributed by atoms with Crippen molar-refractivity contribution in [2.24, 2.45) is 5.92 Å². The number of rotatable bonds is 6. The molecule has 1 amide bonds. The Morgan fingerprint density at radius 3 is 3.00 bits per heavy atom. The van der Waals surface area contributed by atoms with Crippen LogP contribution >= 0.6 is 11.8 Å². The highest BCUT2D eigenvalue weighted by molar-refractivity contribution is 7.99. The zero-order valence-electron chi connectivity index (χ0n) is 11.6. The van der Waals surface area contributed by atoms with Gasteiger partial charge in [-0.15, -0.1) is 11.8 Å². The van der Waals surface area contributed by atoms with Crippen molar-refractivity contribution in [1.29, 1.82) is 0 Å². The predicted molar refractivity (Wildman–Crippen MR) is 80.4 cm³/mol. The van der Waals surface area contributed by atoms with Gasteiger partial charge in [0.25, 0.3) is 0 Å². The first-order valence-electron chi connectivity index (χ1n) is 6.88. The summed E-state index contributed by atoms with van der Waals surface area (Å²) in [5, 5.41) is 6.42. The number of nitrogens with one attached hydrogen (secondary N) is 2. The van der Waals surface area contributed by atoms with Crippen LogP contribution < -0.4 is 10.6 Å². The van der Waals surface area contributed by atoms with Crippen molar-refractivity contribution < 1.29 is 4.79 Å². The molecule has 0 spiro atoms. The number of carbonyl (C=O) groups is 1. The molecule has 0 fully saturated rings. The maximum absolute atomic E-state index is 11.6. The molecule has 1 aromatic rings. The zero-order valence-corrected chi connectivity index (χ0v) is 12.4. The number of benzene rings is 1. The molecule has 2 N–H and O–H groups in total. The lowest BCUT2D eigenvalue weighted by molar-refractivity contribution is -0.121. The lowest BCUT2D eigenvalue weighted by Gasteiger charge is -2.13. The van der Waals surface area contributed by atoms with Crippen LogP contribution in [0.2, 0.25) is 0 Å². The van der Waals surface area contributed by atoms with Crippen molar-refractivity contribution in [3.8, 4) is 0 Å². The Morgan fingerprint density at radius 1 is 1.42 bits per heavy atom. The highest BCUT2D eigenvalue weighted by Crippen LogP contribution is 2.37. The summed E-state index contributed by atoms with van der Waals surface area (Å²) < 4.78 is 0. The fourth-order valence-electron chi connectivity index (χ4n) is 2.10. The molecule has 2 rings (SSSR count). The molecule has 3 nitrogen and oxygen atoms in total. The molecule has 0 radical (unpaired) electrons. The van der Waals surface area contributed by atoms with E-state index in [0.29, 0.717) is 18.4 Å². The van der Waals surface area contributed by atoms with E-state index in [-0.39, 0.29) is 5.91 Å². The van der Waals surface area contributed by atoms with Crippen molar-refractivity contribution in [3.05, 3.63) is 29.8 Å². The molecule has 0 saturated heterocycles. The average Bonchev–Trinajstić information content (AvgIpc) is 2.80. The first kappa shape index (κ1) is 14.4. The van der Waals surface area contributed by atoms with Crippen LogP contribution in [0.15, 0.2) is 29.2 Å². The Hall–Kier alpha value is -1.00. The Kier molecular flexibility index (Phi) is 5.28. The summed E-state index contributed by atoms with van der Waals surface area (Å²) in [7, 11) is 0. The summed E-state index contributed by atoms with van der Waals surface area (Å²) >= 11 is 1.89. The maximum Gasteiger partial charge on any atom is 0.221 e. The van der Waals surface area contributed by atoms with Gasteiger partial charge in [-0.25, -0.2) is 0 Å². The van der Waals surface area contributed by atoms with Crippen LogP contribution in [-0.2, 0) is 4.79 Å². The molecule has 0 aromatic heterocycles. The van der Waals surface area contributed by atoms with E-state index in [4.69, 9.17) is 0 Å². The van der Waals surface area contributed by atoms with Gasteiger partial charge in [0.2, 0.25) is 5.91 Å². The first-order chi connectivity index (χ1) is 9.16. The van der Waals surface area contributed by atoms with E-state index in [0.717, 1.165) is 18.8 Å². The normalized spacial score (nSPS) is 17.5. The summed E-state index contributed by atoms with van der Waals surface area (Å²) in [6.07, 6.45) is 0.552. The Balaban J connectivity index is 1.71. The van der Waals surface area contributed by atoms with Crippen molar-refractivity contribution in [3.63, 3.8) is 0 Å². The molecule has 4 heteroatoms. The van der Waals surface area contributed by atoms with Gasteiger partial charge in [0.05, 0.1) is 0 Å². The SMILES string of the molecule is CC(C)CNC(=O)CCNC1CSc2ccccc21. The largest absolute Gasteiger partial charge is 0.356 e. The van der Waals surface area contributed by atoms with Gasteiger partial charge in [0, 0.05) is 36.2 Å². The first-order valence-corrected chi connectivity index (χ1v) is 7.87. The molecule has 0 saturated carbocycles. The van der Waals surface area contributed by atoms with E-state index in [1.807, 2.05) is 11.8 Å². The van der Waals surface area contributed by atoms with Gasteiger partial charge < -0.3 is 10.6 Å². The zero-order chi connectivity index (χ0) is 13.7. The summed E-state index contributed by atoms with van der Waals surface area (Å²) in [6, 6.07) is 8.88. The van der Waals surface area contributed by atoms with E-state index in [1.54, 1.807) is 0 Å². The van der Waals surface area contributed by atoms with E-state index in [2.05, 4.69) is 48.7 Å². The maximum atomic E-state index is 11.6. The third-order valence-electron chi connectivity index (χ3n) is 3.15. The van der Waals surface area contributed by atoms with E-state index >= 15 is 0 Å². The monoisotopic (exact) mass is 278 g/mol. The Labute approximate surface area is 119 Å². The molecule has 0 aliphatic carbocycles. The second-order valence-electron chi connectivity index (χ2n) is 5.30. The smallest absolute Gasteiger partial charge is 0.221 e. The number of fused-ring (bicyclic) bond motifs is 1. The number of carbonyl (C=O) groups excluding carboxylic acids is 1. The molecule has 1 aliphatic rings. The van der Waals surface area contributed by atoms with Gasteiger partial charge >= 0.3 is 0 Å². The molecule has 104 valence electrons. The summed E-state index contributed by atoms with van der Waals surface area (Å²) in [5.41, 5.74) is 1.37. The van der Waals surface area contributed by atoms with Gasteiger partial charge in [-0.1, -0.05) is 32.0 Å². The number of amides is 1. The molecule has 19 heavy (non-hydrogen) atoms. The van der Waals surface area contributed by atoms with Crippen LogP contribution in [-0.4, -0.2) is 24.7 Å². The van der Waals surface area contributed by atoms with Gasteiger partial charge in [0.15, 0.2) is 0 Å². The minimum absolute atomic E-state index is 0.139. The van der Waals surface area contributed by atoms with Crippen molar-refractivity contribution in [2.75, 3.05) is 18.8 Å². The fourth-order valence-corrected chi connectivity index (χ4v) is 3.29. The number of hydrogen-bond donors (Lipinski definition) is 2. The second-order valence-corrected chi connectivity index (χ2v) is 6.37. The van der Waals surface area contributed by atoms with Crippen molar-refractivity contribution >= 4 is 17.7 Å². The molecule has 1 aromatic carbocycles. The molecule has 1 aliphatic heterocycles. The third kappa shape index (κ3) is 4.25. The van der Waals surface area contributed by atoms with Gasteiger partial charge in [0.1, 0.15) is 0 Å². The minimum Gasteiger partial charge on any atom is -0.356 e. The molecule has 1 heterocycles. The van der Waals surface area contributed by atoms with E-state index in [1.165, 1.54) is 10.5 Å². The summed E-state index contributed by atoms with van der Waals surface area (Å²) in [6.45, 7) is 5.71. The lowest BCUT2D eigenvalue weighted by Crippen LogP contribution is -2.31. The van der Waals surface area contributed by atoms with Crippen LogP contribution in [0.1, 0.15) is 31.9 Å². The molecular weight excluding hydrogens is 256 g/mol. The van der Waals surface area contributed by atoms with Crippen LogP contribution in [0.5, 0.6) is 0 Å². The van der Waals surface area contributed by atoms with Gasteiger partial charge in [-0.05, 0) is 17.5 Å². The molecular formula is C15H22N2OS. The van der Waals surface area contributed by atoms with Gasteiger partial charge in [-0.2, -0.15) is 0 Å². The standard InChI is InChI=1S/C15H22N2OS/c1-11(2)9-17-15(18)7-8-16-13-10-19-14-6-4-3-5-12(13)14/h3-6,11,13,16H,7-10H2,1-2H3,(H,17,18). The molecule has 1 atom stereocenters. The number of thioether (sulfide) groups is 1. The topological polar surface area (TPSA) is 41.1 Å². The second kappa shape index (κ2) is 6.96. The quantitative estimate of drug-likeness (QED) is 0.840. The lowest BCUT2D eigenvalue weighted by atomic mass is 10.1. The van der Waals surface area contributed by atoms with E-state index < -0.39 is 0 Å². The fraction of sp³-hybridized carbons (Fsp3) is 0.533. The Morgan fingerprint density at radius 2 is 2.21 bits per heavy atom. The summed E-state index contributed by atoms with van der Waals surface area (Å²) in [5.74, 6) is 1.71. The van der Waals surface area contributed by atoms with Gasteiger partial charge in [-0.3, -0.25) is 4.79 Å². The molecule has 1 unspecified atom stereocenters. The minimum atomic E-state index is 0.139. The molecule has 0 bridgehead atoms.